The van der Waals surface area contributed by atoms with E-state index in [4.69, 9.17) is 4.74 Å². The molecule has 1 saturated heterocycles. The molecule has 3 heterocycles. The van der Waals surface area contributed by atoms with Crippen molar-refractivity contribution in [1.29, 1.82) is 0 Å². The third-order valence-electron chi connectivity index (χ3n) is 8.10. The number of fused-ring (bicyclic) bond motifs is 1. The van der Waals surface area contributed by atoms with Crippen molar-refractivity contribution < 1.29 is 27.4 Å². The number of aryl methyl sites for hydroxylation is 1. The molecule has 2 N–H and O–H groups in total. The third kappa shape index (κ3) is 7.75. The van der Waals surface area contributed by atoms with E-state index in [1.165, 1.54) is 24.3 Å². The lowest BCUT2D eigenvalue weighted by Crippen LogP contribution is -2.43. The van der Waals surface area contributed by atoms with Crippen molar-refractivity contribution in [2.75, 3.05) is 50.5 Å². The van der Waals surface area contributed by atoms with Gasteiger partial charge in [-0.1, -0.05) is 12.1 Å². The number of ether oxygens (including phenoxy) is 2. The number of piperazine rings is 1. The first kappa shape index (κ1) is 31.3. The van der Waals surface area contributed by atoms with E-state index in [0.29, 0.717) is 41.4 Å². The fourth-order valence-corrected chi connectivity index (χ4v) is 5.53. The summed E-state index contributed by atoms with van der Waals surface area (Å²) in [5.41, 5.74) is 6.03. The van der Waals surface area contributed by atoms with Crippen LogP contribution in [0.4, 0.5) is 30.5 Å². The Kier molecular flexibility index (Phi) is 9.09. The molecule has 0 saturated carbocycles. The smallest absolute Gasteiger partial charge is 0.477 e. The number of nitrogens with zero attached hydrogens (tertiary/aromatic N) is 4. The van der Waals surface area contributed by atoms with Crippen molar-refractivity contribution in [2.24, 2.45) is 0 Å². The highest BCUT2D eigenvalue weighted by molar-refractivity contribution is 6.04. The first-order chi connectivity index (χ1) is 22.1. The molecule has 0 aliphatic carbocycles. The van der Waals surface area contributed by atoms with Gasteiger partial charge in [0.05, 0.1) is 12.3 Å². The van der Waals surface area contributed by atoms with Crippen LogP contribution >= 0.6 is 0 Å². The second-order valence-corrected chi connectivity index (χ2v) is 11.6. The zero-order valence-electron chi connectivity index (χ0n) is 25.7. The number of halogens is 3. The fraction of sp³-hybridized carbons (Fsp3) is 0.324. The van der Waals surface area contributed by atoms with Gasteiger partial charge in [0, 0.05) is 60.8 Å². The predicted octanol–water partition coefficient (Wildman–Crippen LogP) is 6.42. The van der Waals surface area contributed by atoms with Gasteiger partial charge < -0.3 is 25.0 Å². The molecule has 6 rings (SSSR count). The Bertz CT molecular complexity index is 1690. The van der Waals surface area contributed by atoms with Crippen LogP contribution in [0.5, 0.6) is 11.6 Å². The average Bonchev–Trinajstić information content (AvgIpc) is 3.03. The summed E-state index contributed by atoms with van der Waals surface area (Å²) in [6.45, 7) is 7.45. The van der Waals surface area contributed by atoms with E-state index in [-0.39, 0.29) is 17.6 Å². The summed E-state index contributed by atoms with van der Waals surface area (Å²) in [6, 6.07) is 18.7. The number of nitrogens with one attached hydrogen (secondary N) is 2. The first-order valence-electron chi connectivity index (χ1n) is 15.2. The number of benzene rings is 3. The van der Waals surface area contributed by atoms with Gasteiger partial charge in [0.15, 0.2) is 0 Å². The molecule has 1 amide bonds. The average molecular weight is 633 g/mol. The lowest BCUT2D eigenvalue weighted by atomic mass is 10.0. The third-order valence-corrected chi connectivity index (χ3v) is 8.10. The summed E-state index contributed by atoms with van der Waals surface area (Å²) in [4.78, 5) is 27.1. The highest BCUT2D eigenvalue weighted by Crippen LogP contribution is 2.35. The van der Waals surface area contributed by atoms with Crippen LogP contribution in [0.25, 0.3) is 11.3 Å². The molecule has 0 bridgehead atoms. The number of rotatable bonds is 8. The number of likely N-dealkylation sites (N-methyl/N-ethyl adjacent to an activating group) is 1. The molecule has 1 fully saturated rings. The molecule has 9 nitrogen and oxygen atoms in total. The van der Waals surface area contributed by atoms with Crippen molar-refractivity contribution in [3.8, 4) is 22.9 Å². The Hall–Kier alpha value is -4.68. The van der Waals surface area contributed by atoms with Crippen LogP contribution in [0, 0.1) is 6.92 Å². The van der Waals surface area contributed by atoms with E-state index in [2.05, 4.69) is 48.3 Å². The Morgan fingerprint density at radius 2 is 1.72 bits per heavy atom. The zero-order valence-corrected chi connectivity index (χ0v) is 25.7. The van der Waals surface area contributed by atoms with Crippen LogP contribution in [0.2, 0.25) is 0 Å². The van der Waals surface area contributed by atoms with Gasteiger partial charge in [-0.15, -0.1) is 13.2 Å². The number of alkyl halides is 3. The molecule has 0 atom stereocenters. The minimum atomic E-state index is -4.77. The van der Waals surface area contributed by atoms with Gasteiger partial charge in [-0.3, -0.25) is 9.69 Å². The molecule has 4 aromatic rings. The molecule has 2 aliphatic heterocycles. The Morgan fingerprint density at radius 1 is 0.978 bits per heavy atom. The van der Waals surface area contributed by atoms with Crippen LogP contribution in [0.15, 0.2) is 66.7 Å². The molecule has 3 aromatic carbocycles. The number of hydrogen-bond donors (Lipinski definition) is 2. The molecule has 0 radical (unpaired) electrons. The number of anilines is 3. The van der Waals surface area contributed by atoms with Gasteiger partial charge in [0.2, 0.25) is 11.8 Å². The zero-order chi connectivity index (χ0) is 32.3. The van der Waals surface area contributed by atoms with Gasteiger partial charge in [0.1, 0.15) is 5.75 Å². The Morgan fingerprint density at radius 3 is 2.43 bits per heavy atom. The first-order valence-corrected chi connectivity index (χ1v) is 15.2. The molecule has 2 aliphatic rings. The van der Waals surface area contributed by atoms with Gasteiger partial charge in [-0.2, -0.15) is 4.98 Å². The number of amides is 1. The molecule has 1 aromatic heterocycles. The Labute approximate surface area is 265 Å². The fourth-order valence-electron chi connectivity index (χ4n) is 5.53. The summed E-state index contributed by atoms with van der Waals surface area (Å²) >= 11 is 0. The van der Waals surface area contributed by atoms with Crippen molar-refractivity contribution >= 4 is 23.2 Å². The minimum Gasteiger partial charge on any atom is -0.477 e. The molecule has 240 valence electrons. The number of aromatic nitrogens is 2. The SMILES string of the molecule is Cc1ccc(CN2CCN(C)CC2)cc1NC(=O)c1ccc(Nc2nc3c(c(-c4ccc(OC(F)(F)F)cc4)n2)CCCO3)cc1. The summed E-state index contributed by atoms with van der Waals surface area (Å²) in [7, 11) is 2.14. The van der Waals surface area contributed by atoms with E-state index in [1.807, 2.05) is 19.1 Å². The van der Waals surface area contributed by atoms with E-state index in [0.717, 1.165) is 61.5 Å². The van der Waals surface area contributed by atoms with Gasteiger partial charge >= 0.3 is 6.36 Å². The minimum absolute atomic E-state index is 0.218. The summed E-state index contributed by atoms with van der Waals surface area (Å²) < 4.78 is 47.7. The normalized spacial score (nSPS) is 15.5. The summed E-state index contributed by atoms with van der Waals surface area (Å²) in [6.07, 6.45) is -3.33. The predicted molar refractivity (Wildman–Crippen MR) is 170 cm³/mol. The number of carbonyl (C=O) groups is 1. The van der Waals surface area contributed by atoms with Gasteiger partial charge in [-0.25, -0.2) is 4.98 Å². The second kappa shape index (κ2) is 13.4. The molecule has 12 heteroatoms. The van der Waals surface area contributed by atoms with Crippen molar-refractivity contribution in [1.82, 2.24) is 19.8 Å². The maximum atomic E-state index is 13.2. The van der Waals surface area contributed by atoms with E-state index in [9.17, 15) is 18.0 Å². The molecule has 46 heavy (non-hydrogen) atoms. The molecule has 0 unspecified atom stereocenters. The monoisotopic (exact) mass is 632 g/mol. The Balaban J connectivity index is 1.15. The number of hydrogen-bond acceptors (Lipinski definition) is 8. The number of carbonyl (C=O) groups excluding carboxylic acids is 1. The quantitative estimate of drug-likeness (QED) is 0.230. The van der Waals surface area contributed by atoms with E-state index >= 15 is 0 Å². The van der Waals surface area contributed by atoms with Crippen molar-refractivity contribution in [3.05, 3.63) is 89.0 Å². The lowest BCUT2D eigenvalue weighted by Gasteiger charge is -2.32. The second-order valence-electron chi connectivity index (χ2n) is 11.6. The maximum absolute atomic E-state index is 13.2. The molecule has 0 spiro atoms. The van der Waals surface area contributed by atoms with Crippen LogP contribution in [0.3, 0.4) is 0 Å². The lowest BCUT2D eigenvalue weighted by molar-refractivity contribution is -0.274. The van der Waals surface area contributed by atoms with E-state index in [1.54, 1.807) is 24.3 Å². The maximum Gasteiger partial charge on any atom is 0.573 e. The van der Waals surface area contributed by atoms with Crippen LogP contribution in [0.1, 0.15) is 33.5 Å². The molecular weight excluding hydrogens is 597 g/mol. The van der Waals surface area contributed by atoms with E-state index < -0.39 is 6.36 Å². The summed E-state index contributed by atoms with van der Waals surface area (Å²) in [5.74, 6) is 0.156. The van der Waals surface area contributed by atoms with Crippen LogP contribution < -0.4 is 20.1 Å². The van der Waals surface area contributed by atoms with Crippen molar-refractivity contribution in [3.63, 3.8) is 0 Å². The van der Waals surface area contributed by atoms with Crippen LogP contribution in [-0.4, -0.2) is 71.9 Å². The van der Waals surface area contributed by atoms with Gasteiger partial charge in [0.25, 0.3) is 5.91 Å². The molecular formula is C34H35F3N6O3. The van der Waals surface area contributed by atoms with Gasteiger partial charge in [-0.05, 0) is 92.5 Å². The highest BCUT2D eigenvalue weighted by atomic mass is 19.4. The van der Waals surface area contributed by atoms with Crippen LogP contribution in [-0.2, 0) is 13.0 Å². The van der Waals surface area contributed by atoms with Crippen molar-refractivity contribution in [2.45, 2.75) is 32.7 Å². The summed E-state index contributed by atoms with van der Waals surface area (Å²) in [5, 5.41) is 6.22. The standard InChI is InChI=1S/C34H35F3N6O3/c1-22-5-6-23(21-43-17-15-42(2)16-18-43)20-29(22)39-31(44)25-7-11-26(12-8-25)38-33-40-30(28-4-3-19-45-32(28)41-33)24-9-13-27(14-10-24)46-34(35,36)37/h5-14,20H,3-4,15-19,21H2,1-2H3,(H,39,44)(H,38,40,41). The topological polar surface area (TPSA) is 91.9 Å². The largest absolute Gasteiger partial charge is 0.573 e. The highest BCUT2D eigenvalue weighted by Gasteiger charge is 2.31.